The Hall–Kier alpha value is -1.40. The largest absolute Gasteiger partial charge is 0.356 e. The van der Waals surface area contributed by atoms with Gasteiger partial charge in [0.05, 0.1) is 6.26 Å². The summed E-state index contributed by atoms with van der Waals surface area (Å²) in [7, 11) is -3.13. The average molecular weight is 367 g/mol. The monoisotopic (exact) mass is 366 g/mol. The van der Waals surface area contributed by atoms with E-state index in [1.807, 2.05) is 0 Å². The molecule has 2 rings (SSSR count). The minimum atomic E-state index is -3.13. The molecular formula is C19H30N2O3S. The smallest absolute Gasteiger partial charge is 0.223 e. The number of carbonyl (C=O) groups excluding carboxylic acids is 1. The van der Waals surface area contributed by atoms with Crippen LogP contribution in [0.3, 0.4) is 0 Å². The Balaban J connectivity index is 1.67. The van der Waals surface area contributed by atoms with Gasteiger partial charge in [-0.3, -0.25) is 4.79 Å². The van der Waals surface area contributed by atoms with Crippen molar-refractivity contribution in [1.82, 2.24) is 9.62 Å². The van der Waals surface area contributed by atoms with E-state index in [4.69, 9.17) is 0 Å². The Labute approximate surface area is 151 Å². The van der Waals surface area contributed by atoms with Gasteiger partial charge in [0.1, 0.15) is 0 Å². The van der Waals surface area contributed by atoms with E-state index in [0.29, 0.717) is 38.4 Å². The molecule has 1 aromatic carbocycles. The van der Waals surface area contributed by atoms with Crippen LogP contribution < -0.4 is 5.32 Å². The van der Waals surface area contributed by atoms with E-state index < -0.39 is 10.0 Å². The minimum Gasteiger partial charge on any atom is -0.356 e. The van der Waals surface area contributed by atoms with Crippen molar-refractivity contribution in [2.45, 2.75) is 45.4 Å². The Morgan fingerprint density at radius 1 is 1.20 bits per heavy atom. The number of nitrogens with one attached hydrogen (secondary N) is 1. The summed E-state index contributed by atoms with van der Waals surface area (Å²) in [5.74, 6) is 0.536. The van der Waals surface area contributed by atoms with Crippen LogP contribution in [0.1, 0.15) is 50.2 Å². The number of benzene rings is 1. The highest BCUT2D eigenvalue weighted by molar-refractivity contribution is 7.88. The number of hydrogen-bond donors (Lipinski definition) is 1. The van der Waals surface area contributed by atoms with Gasteiger partial charge >= 0.3 is 0 Å². The topological polar surface area (TPSA) is 66.5 Å². The highest BCUT2D eigenvalue weighted by atomic mass is 32.2. The van der Waals surface area contributed by atoms with E-state index in [1.54, 1.807) is 0 Å². The van der Waals surface area contributed by atoms with Crippen LogP contribution in [0.5, 0.6) is 0 Å². The molecule has 1 aliphatic heterocycles. The van der Waals surface area contributed by atoms with Gasteiger partial charge in [-0.1, -0.05) is 38.1 Å². The van der Waals surface area contributed by atoms with Crippen molar-refractivity contribution in [3.63, 3.8) is 0 Å². The molecule has 1 N–H and O–H groups in total. The number of carbonyl (C=O) groups is 1. The van der Waals surface area contributed by atoms with Crippen LogP contribution in [0.25, 0.3) is 0 Å². The maximum Gasteiger partial charge on any atom is 0.223 e. The fourth-order valence-electron chi connectivity index (χ4n) is 3.17. The van der Waals surface area contributed by atoms with Crippen molar-refractivity contribution < 1.29 is 13.2 Å². The normalized spacial score (nSPS) is 17.0. The number of sulfonamides is 1. The van der Waals surface area contributed by atoms with Crippen molar-refractivity contribution >= 4 is 15.9 Å². The number of nitrogens with zero attached hydrogens (tertiary/aromatic N) is 1. The molecule has 25 heavy (non-hydrogen) atoms. The summed E-state index contributed by atoms with van der Waals surface area (Å²) < 4.78 is 24.4. The van der Waals surface area contributed by atoms with Gasteiger partial charge in [0, 0.05) is 25.6 Å². The summed E-state index contributed by atoms with van der Waals surface area (Å²) in [5, 5.41) is 3.00. The second-order valence-corrected chi connectivity index (χ2v) is 9.21. The molecule has 0 atom stereocenters. The molecule has 1 fully saturated rings. The lowest BCUT2D eigenvalue weighted by atomic mass is 9.97. The first-order valence-corrected chi connectivity index (χ1v) is 10.9. The molecule has 1 saturated heterocycles. The van der Waals surface area contributed by atoms with Crippen LogP contribution >= 0.6 is 0 Å². The molecule has 1 amide bonds. The zero-order chi connectivity index (χ0) is 18.4. The summed E-state index contributed by atoms with van der Waals surface area (Å²) >= 11 is 0. The lowest BCUT2D eigenvalue weighted by Gasteiger charge is -2.29. The number of aryl methyl sites for hydroxylation is 1. The minimum absolute atomic E-state index is 0.0586. The van der Waals surface area contributed by atoms with Gasteiger partial charge in [-0.25, -0.2) is 12.7 Å². The molecule has 0 saturated carbocycles. The zero-order valence-corrected chi connectivity index (χ0v) is 16.3. The Kier molecular flexibility index (Phi) is 7.02. The van der Waals surface area contributed by atoms with Gasteiger partial charge in [0.15, 0.2) is 0 Å². The van der Waals surface area contributed by atoms with Gasteiger partial charge < -0.3 is 5.32 Å². The summed E-state index contributed by atoms with van der Waals surface area (Å²) in [5.41, 5.74) is 2.64. The van der Waals surface area contributed by atoms with Crippen molar-refractivity contribution in [2.75, 3.05) is 25.9 Å². The lowest BCUT2D eigenvalue weighted by Crippen LogP contribution is -2.42. The van der Waals surface area contributed by atoms with E-state index in [-0.39, 0.29) is 11.8 Å². The van der Waals surface area contributed by atoms with Gasteiger partial charge in [-0.2, -0.15) is 0 Å². The average Bonchev–Trinajstić information content (AvgIpc) is 2.58. The maximum atomic E-state index is 12.2. The number of piperidine rings is 1. The summed E-state index contributed by atoms with van der Waals surface area (Å²) in [6.07, 6.45) is 4.30. The van der Waals surface area contributed by atoms with Crippen LogP contribution in [0.4, 0.5) is 0 Å². The first kappa shape index (κ1) is 19.9. The number of hydrogen-bond acceptors (Lipinski definition) is 3. The van der Waals surface area contributed by atoms with Crippen LogP contribution in [-0.4, -0.2) is 44.5 Å². The molecule has 5 nitrogen and oxygen atoms in total. The molecular weight excluding hydrogens is 336 g/mol. The molecule has 0 aliphatic carbocycles. The fourth-order valence-corrected chi connectivity index (χ4v) is 4.04. The molecule has 0 bridgehead atoms. The summed E-state index contributed by atoms with van der Waals surface area (Å²) in [6, 6.07) is 8.68. The van der Waals surface area contributed by atoms with E-state index in [0.717, 1.165) is 12.8 Å². The van der Waals surface area contributed by atoms with E-state index in [2.05, 4.69) is 43.4 Å². The Morgan fingerprint density at radius 3 is 2.32 bits per heavy atom. The molecule has 1 heterocycles. The summed E-state index contributed by atoms with van der Waals surface area (Å²) in [4.78, 5) is 12.2. The molecule has 1 aliphatic rings. The van der Waals surface area contributed by atoms with Crippen LogP contribution in [-0.2, 0) is 21.2 Å². The van der Waals surface area contributed by atoms with Gasteiger partial charge in [0.25, 0.3) is 0 Å². The molecule has 0 unspecified atom stereocenters. The van der Waals surface area contributed by atoms with Crippen molar-refractivity contribution in [1.29, 1.82) is 0 Å². The van der Waals surface area contributed by atoms with Gasteiger partial charge in [-0.15, -0.1) is 0 Å². The second kappa shape index (κ2) is 8.81. The molecule has 0 aromatic heterocycles. The molecule has 140 valence electrons. The standard InChI is InChI=1S/C19H30N2O3S/c1-15(2)17-8-6-16(7-9-17)5-4-12-20-19(22)18-10-13-21(14-11-18)25(3,23)24/h6-9,15,18H,4-5,10-14H2,1-3H3,(H,20,22). The van der Waals surface area contributed by atoms with E-state index >= 15 is 0 Å². The Morgan fingerprint density at radius 2 is 1.80 bits per heavy atom. The SMILES string of the molecule is CC(C)c1ccc(CCCNC(=O)C2CCN(S(C)(=O)=O)CC2)cc1. The van der Waals surface area contributed by atoms with Gasteiger partial charge in [0.2, 0.25) is 15.9 Å². The molecule has 0 radical (unpaired) electrons. The van der Waals surface area contributed by atoms with Crippen molar-refractivity contribution in [2.24, 2.45) is 5.92 Å². The van der Waals surface area contributed by atoms with E-state index in [1.165, 1.54) is 21.7 Å². The zero-order valence-electron chi connectivity index (χ0n) is 15.5. The number of rotatable bonds is 7. The second-order valence-electron chi connectivity index (χ2n) is 7.23. The predicted octanol–water partition coefficient (Wildman–Crippen LogP) is 2.53. The Bertz CT molecular complexity index is 660. The third-order valence-electron chi connectivity index (χ3n) is 4.88. The molecule has 0 spiro atoms. The highest BCUT2D eigenvalue weighted by Gasteiger charge is 2.28. The first-order valence-electron chi connectivity index (χ1n) is 9.09. The number of amides is 1. The van der Waals surface area contributed by atoms with Gasteiger partial charge in [-0.05, 0) is 42.7 Å². The predicted molar refractivity (Wildman–Crippen MR) is 101 cm³/mol. The van der Waals surface area contributed by atoms with E-state index in [9.17, 15) is 13.2 Å². The maximum absolute atomic E-state index is 12.2. The van der Waals surface area contributed by atoms with Crippen molar-refractivity contribution in [3.05, 3.63) is 35.4 Å². The van der Waals surface area contributed by atoms with Crippen LogP contribution in [0, 0.1) is 5.92 Å². The highest BCUT2D eigenvalue weighted by Crippen LogP contribution is 2.19. The summed E-state index contributed by atoms with van der Waals surface area (Å²) in [6.45, 7) is 5.92. The quantitative estimate of drug-likeness (QED) is 0.754. The fraction of sp³-hybridized carbons (Fsp3) is 0.632. The van der Waals surface area contributed by atoms with Crippen molar-refractivity contribution in [3.8, 4) is 0 Å². The van der Waals surface area contributed by atoms with Crippen LogP contribution in [0.15, 0.2) is 24.3 Å². The first-order chi connectivity index (χ1) is 11.8. The third kappa shape index (κ3) is 6.12. The van der Waals surface area contributed by atoms with Crippen LogP contribution in [0.2, 0.25) is 0 Å². The lowest BCUT2D eigenvalue weighted by molar-refractivity contribution is -0.126. The molecule has 1 aromatic rings. The third-order valence-corrected chi connectivity index (χ3v) is 6.18. The molecule has 6 heteroatoms.